The maximum Gasteiger partial charge on any atom is 0.253 e. The lowest BCUT2D eigenvalue weighted by Gasteiger charge is -2.15. The first-order valence-electron chi connectivity index (χ1n) is 12.4. The Labute approximate surface area is 211 Å². The van der Waals surface area contributed by atoms with Gasteiger partial charge in [-0.2, -0.15) is 0 Å². The van der Waals surface area contributed by atoms with Gasteiger partial charge in [0.25, 0.3) is 5.91 Å². The van der Waals surface area contributed by atoms with Crippen LogP contribution in [0.4, 0.5) is 0 Å². The minimum atomic E-state index is -0.0323. The highest BCUT2D eigenvalue weighted by Crippen LogP contribution is 2.32. The maximum atomic E-state index is 13.2. The number of furan rings is 1. The van der Waals surface area contributed by atoms with Gasteiger partial charge >= 0.3 is 0 Å². The average molecular weight is 491 g/mol. The van der Waals surface area contributed by atoms with E-state index in [1.807, 2.05) is 55.8 Å². The second-order valence-corrected chi connectivity index (χ2v) is 9.90. The molecule has 0 aliphatic heterocycles. The third-order valence-electron chi connectivity index (χ3n) is 6.52. The van der Waals surface area contributed by atoms with Gasteiger partial charge in [-0.1, -0.05) is 33.1 Å². The molecule has 4 aromatic rings. The third kappa shape index (κ3) is 5.90. The van der Waals surface area contributed by atoms with Crippen LogP contribution in [-0.4, -0.2) is 27.0 Å². The van der Waals surface area contributed by atoms with Crippen molar-refractivity contribution < 1.29 is 9.21 Å². The summed E-state index contributed by atoms with van der Waals surface area (Å²) in [7, 11) is 0. The van der Waals surface area contributed by atoms with Crippen LogP contribution in [0.1, 0.15) is 67.0 Å². The predicted octanol–water partition coefficient (Wildman–Crippen LogP) is 6.88. The summed E-state index contributed by atoms with van der Waals surface area (Å²) in [5, 5.41) is 6.14. The SMILES string of the molecule is CCCCC(CC)CNC(=O)c1cc(-c2csc(-c3ccc(C)nc3)n2)n(Cc2ccco2)c1C. The standard InChI is InChI=1S/C28H34N4O2S/c1-5-7-9-21(6-2)15-30-27(33)24-14-26(32(20(24)4)17-23-10-8-13-34-23)25-18-35-28(31-25)22-12-11-19(3)29-16-22/h8,10-14,16,18,21H,5-7,9,15,17H2,1-4H3,(H,30,33). The van der Waals surface area contributed by atoms with Gasteiger partial charge in [-0.05, 0) is 56.5 Å². The van der Waals surface area contributed by atoms with E-state index in [9.17, 15) is 4.79 Å². The van der Waals surface area contributed by atoms with Crippen LogP contribution in [0.2, 0.25) is 0 Å². The molecule has 0 radical (unpaired) electrons. The van der Waals surface area contributed by atoms with Gasteiger partial charge in [-0.3, -0.25) is 9.78 Å². The summed E-state index contributed by atoms with van der Waals surface area (Å²) in [4.78, 5) is 22.5. The molecule has 0 fully saturated rings. The summed E-state index contributed by atoms with van der Waals surface area (Å²) in [5.41, 5.74) is 5.30. The van der Waals surface area contributed by atoms with E-state index in [-0.39, 0.29) is 5.91 Å². The molecule has 0 saturated carbocycles. The molecule has 4 heterocycles. The summed E-state index contributed by atoms with van der Waals surface area (Å²) in [6, 6.07) is 9.83. The average Bonchev–Trinajstić information content (AvgIpc) is 3.62. The smallest absolute Gasteiger partial charge is 0.253 e. The number of unbranched alkanes of at least 4 members (excludes halogenated alkanes) is 1. The first-order valence-corrected chi connectivity index (χ1v) is 13.3. The van der Waals surface area contributed by atoms with Crippen LogP contribution in [0.25, 0.3) is 22.0 Å². The fourth-order valence-electron chi connectivity index (χ4n) is 4.24. The number of amides is 1. The fraction of sp³-hybridized carbons (Fsp3) is 0.393. The summed E-state index contributed by atoms with van der Waals surface area (Å²) in [5.74, 6) is 1.31. The number of nitrogens with zero attached hydrogens (tertiary/aromatic N) is 3. The lowest BCUT2D eigenvalue weighted by atomic mass is 9.99. The van der Waals surface area contributed by atoms with E-state index in [0.717, 1.165) is 51.9 Å². The van der Waals surface area contributed by atoms with Crippen molar-refractivity contribution >= 4 is 17.2 Å². The Morgan fingerprint density at radius 1 is 1.23 bits per heavy atom. The minimum Gasteiger partial charge on any atom is -0.467 e. The second-order valence-electron chi connectivity index (χ2n) is 9.05. The molecule has 1 unspecified atom stereocenters. The molecule has 1 amide bonds. The molecule has 35 heavy (non-hydrogen) atoms. The number of aromatic nitrogens is 3. The Hall–Kier alpha value is -3.19. The van der Waals surface area contributed by atoms with Crippen molar-refractivity contribution in [2.75, 3.05) is 6.54 Å². The molecule has 4 rings (SSSR count). The van der Waals surface area contributed by atoms with Crippen LogP contribution >= 0.6 is 11.3 Å². The molecule has 0 spiro atoms. The van der Waals surface area contributed by atoms with Gasteiger partial charge in [-0.25, -0.2) is 4.98 Å². The molecule has 0 aliphatic rings. The normalized spacial score (nSPS) is 12.1. The van der Waals surface area contributed by atoms with Crippen LogP contribution in [0, 0.1) is 19.8 Å². The van der Waals surface area contributed by atoms with E-state index < -0.39 is 0 Å². The van der Waals surface area contributed by atoms with Gasteiger partial charge in [0.1, 0.15) is 10.8 Å². The monoisotopic (exact) mass is 490 g/mol. The number of hydrogen-bond acceptors (Lipinski definition) is 5. The van der Waals surface area contributed by atoms with Crippen LogP contribution < -0.4 is 5.32 Å². The number of nitrogens with one attached hydrogen (secondary N) is 1. The third-order valence-corrected chi connectivity index (χ3v) is 7.42. The van der Waals surface area contributed by atoms with Gasteiger partial charge in [-0.15, -0.1) is 11.3 Å². The highest BCUT2D eigenvalue weighted by atomic mass is 32.1. The number of hydrogen-bond donors (Lipinski definition) is 1. The molecule has 7 heteroatoms. The molecule has 184 valence electrons. The van der Waals surface area contributed by atoms with Gasteiger partial charge in [0.05, 0.1) is 29.8 Å². The molecule has 0 saturated heterocycles. The summed E-state index contributed by atoms with van der Waals surface area (Å²) >= 11 is 1.58. The van der Waals surface area contributed by atoms with Crippen LogP contribution in [0.3, 0.4) is 0 Å². The topological polar surface area (TPSA) is 73.0 Å². The van der Waals surface area contributed by atoms with E-state index in [1.54, 1.807) is 17.6 Å². The fourth-order valence-corrected chi connectivity index (χ4v) is 5.05. The first kappa shape index (κ1) is 24.9. The molecule has 0 aliphatic carbocycles. The number of carbonyl (C=O) groups excluding carboxylic acids is 1. The van der Waals surface area contributed by atoms with Crippen molar-refractivity contribution in [2.45, 2.75) is 59.9 Å². The van der Waals surface area contributed by atoms with Crippen molar-refractivity contribution in [1.82, 2.24) is 19.9 Å². The summed E-state index contributed by atoms with van der Waals surface area (Å²) in [6.07, 6.45) is 8.11. The highest BCUT2D eigenvalue weighted by Gasteiger charge is 2.21. The Kier molecular flexibility index (Phi) is 8.18. The zero-order valence-corrected chi connectivity index (χ0v) is 21.8. The maximum absolute atomic E-state index is 13.2. The van der Waals surface area contributed by atoms with Crippen molar-refractivity contribution in [1.29, 1.82) is 0 Å². The molecule has 1 atom stereocenters. The molecular formula is C28H34N4O2S. The second kappa shape index (κ2) is 11.5. The lowest BCUT2D eigenvalue weighted by Crippen LogP contribution is -2.29. The largest absolute Gasteiger partial charge is 0.467 e. The Balaban J connectivity index is 1.63. The summed E-state index contributed by atoms with van der Waals surface area (Å²) in [6.45, 7) is 9.60. The van der Waals surface area contributed by atoms with Gasteiger partial charge < -0.3 is 14.3 Å². The molecule has 1 N–H and O–H groups in total. The summed E-state index contributed by atoms with van der Waals surface area (Å²) < 4.78 is 7.74. The zero-order valence-electron chi connectivity index (χ0n) is 21.0. The van der Waals surface area contributed by atoms with Gasteiger partial charge in [0.15, 0.2) is 0 Å². The Morgan fingerprint density at radius 2 is 2.09 bits per heavy atom. The zero-order chi connectivity index (χ0) is 24.8. The van der Waals surface area contributed by atoms with Crippen LogP contribution in [-0.2, 0) is 6.54 Å². The quantitative estimate of drug-likeness (QED) is 0.249. The van der Waals surface area contributed by atoms with Crippen molar-refractivity contribution in [3.05, 3.63) is 70.9 Å². The number of thiazole rings is 1. The van der Waals surface area contributed by atoms with E-state index in [1.165, 1.54) is 12.8 Å². The molecule has 4 aromatic heterocycles. The minimum absolute atomic E-state index is 0.0323. The number of rotatable bonds is 11. The van der Waals surface area contributed by atoms with E-state index >= 15 is 0 Å². The van der Waals surface area contributed by atoms with Crippen molar-refractivity contribution in [3.63, 3.8) is 0 Å². The lowest BCUT2D eigenvalue weighted by molar-refractivity contribution is 0.0945. The Bertz CT molecular complexity index is 1240. The molecule has 0 bridgehead atoms. The van der Waals surface area contributed by atoms with Crippen LogP contribution in [0.15, 0.2) is 52.6 Å². The Morgan fingerprint density at radius 3 is 2.77 bits per heavy atom. The molecular weight excluding hydrogens is 456 g/mol. The molecule has 6 nitrogen and oxygen atoms in total. The van der Waals surface area contributed by atoms with Crippen molar-refractivity contribution in [2.24, 2.45) is 5.92 Å². The first-order chi connectivity index (χ1) is 17.0. The highest BCUT2D eigenvalue weighted by molar-refractivity contribution is 7.13. The molecule has 0 aromatic carbocycles. The van der Waals surface area contributed by atoms with Crippen LogP contribution in [0.5, 0.6) is 0 Å². The number of pyridine rings is 1. The van der Waals surface area contributed by atoms with Gasteiger partial charge in [0.2, 0.25) is 0 Å². The van der Waals surface area contributed by atoms with E-state index in [4.69, 9.17) is 9.40 Å². The van der Waals surface area contributed by atoms with E-state index in [0.29, 0.717) is 24.6 Å². The number of carbonyl (C=O) groups is 1. The van der Waals surface area contributed by atoms with E-state index in [2.05, 4.69) is 28.7 Å². The van der Waals surface area contributed by atoms with Gasteiger partial charge in [0, 0.05) is 35.1 Å². The van der Waals surface area contributed by atoms with Crippen molar-refractivity contribution in [3.8, 4) is 22.0 Å². The number of aryl methyl sites for hydroxylation is 1. The predicted molar refractivity (Wildman–Crippen MR) is 142 cm³/mol.